The van der Waals surface area contributed by atoms with E-state index in [2.05, 4.69) is 19.6 Å². The van der Waals surface area contributed by atoms with Crippen molar-refractivity contribution in [3.8, 4) is 11.5 Å². The molecule has 0 saturated carbocycles. The summed E-state index contributed by atoms with van der Waals surface area (Å²) in [4.78, 5) is 18.8. The van der Waals surface area contributed by atoms with Crippen LogP contribution in [0, 0.1) is 5.82 Å². The predicted molar refractivity (Wildman–Crippen MR) is 90.7 cm³/mol. The minimum Gasteiger partial charge on any atom is -0.444 e. The molecule has 2 aromatic heterocycles. The van der Waals surface area contributed by atoms with Crippen LogP contribution in [0.3, 0.4) is 0 Å². The Morgan fingerprint density at radius 3 is 2.48 bits per heavy atom. The van der Waals surface area contributed by atoms with Crippen molar-refractivity contribution in [2.45, 2.75) is 37.8 Å². The summed E-state index contributed by atoms with van der Waals surface area (Å²) in [6.07, 6.45) is -2.62. The number of nitrogens with two attached hydrogens (primary N) is 1. The van der Waals surface area contributed by atoms with Gasteiger partial charge in [0.1, 0.15) is 12.1 Å². The monoisotopic (exact) mass is 412 g/mol. The van der Waals surface area contributed by atoms with Gasteiger partial charge in [-0.3, -0.25) is 4.79 Å². The normalized spacial score (nSPS) is 12.8. The van der Waals surface area contributed by atoms with E-state index in [0.717, 1.165) is 0 Å². The van der Waals surface area contributed by atoms with Crippen LogP contribution >= 0.6 is 0 Å². The highest BCUT2D eigenvalue weighted by atomic mass is 19.4. The highest BCUT2D eigenvalue weighted by Gasteiger charge is 2.39. The van der Waals surface area contributed by atoms with E-state index < -0.39 is 29.7 Å². The fourth-order valence-electron chi connectivity index (χ4n) is 2.70. The van der Waals surface area contributed by atoms with Crippen molar-refractivity contribution in [3.63, 3.8) is 0 Å². The van der Waals surface area contributed by atoms with Crippen LogP contribution in [0.5, 0.6) is 0 Å². The van der Waals surface area contributed by atoms with E-state index in [1.165, 1.54) is 30.5 Å². The Morgan fingerprint density at radius 1 is 1.14 bits per heavy atom. The van der Waals surface area contributed by atoms with Crippen LogP contribution in [0.4, 0.5) is 17.6 Å². The van der Waals surface area contributed by atoms with Gasteiger partial charge in [0.25, 0.3) is 0 Å². The summed E-state index contributed by atoms with van der Waals surface area (Å²) in [5, 5.41) is 3.40. The number of aryl methyl sites for hydroxylation is 1. The smallest absolute Gasteiger partial charge is 0.444 e. The minimum absolute atomic E-state index is 0.0415. The number of alkyl halides is 3. The largest absolute Gasteiger partial charge is 0.471 e. The molecule has 1 aromatic carbocycles. The maximum Gasteiger partial charge on any atom is 0.471 e. The summed E-state index contributed by atoms with van der Waals surface area (Å²) >= 11 is 0. The molecule has 0 aliphatic heterocycles. The summed E-state index contributed by atoms with van der Waals surface area (Å²) in [6.45, 7) is 0. The number of rotatable bonds is 8. The van der Waals surface area contributed by atoms with Gasteiger partial charge in [0.2, 0.25) is 11.8 Å². The Morgan fingerprint density at radius 2 is 1.86 bits per heavy atom. The average Bonchev–Trinajstić information content (AvgIpc) is 3.31. The molecule has 0 radical (unpaired) electrons. The van der Waals surface area contributed by atoms with E-state index in [1.807, 2.05) is 0 Å². The van der Waals surface area contributed by atoms with Gasteiger partial charge in [0.15, 0.2) is 5.82 Å². The van der Waals surface area contributed by atoms with Gasteiger partial charge >= 0.3 is 12.1 Å². The molecule has 3 aromatic rings. The lowest BCUT2D eigenvalue weighted by Gasteiger charge is -2.11. The van der Waals surface area contributed by atoms with Crippen LogP contribution < -0.4 is 5.73 Å². The molecule has 0 aliphatic carbocycles. The van der Waals surface area contributed by atoms with E-state index in [9.17, 15) is 22.4 Å². The van der Waals surface area contributed by atoms with Crippen molar-refractivity contribution >= 4 is 5.91 Å². The van der Waals surface area contributed by atoms with E-state index >= 15 is 0 Å². The molecule has 1 amide bonds. The average molecular weight is 412 g/mol. The molecular weight excluding hydrogens is 396 g/mol. The second-order valence-electron chi connectivity index (χ2n) is 6.35. The third kappa shape index (κ3) is 5.39. The lowest BCUT2D eigenvalue weighted by molar-refractivity contribution is -0.159. The zero-order valence-corrected chi connectivity index (χ0v) is 14.9. The number of benzene rings is 1. The van der Waals surface area contributed by atoms with Gasteiger partial charge in [-0.05, 0) is 43.5 Å². The first-order valence-corrected chi connectivity index (χ1v) is 8.62. The number of oxazole rings is 1. The number of halogens is 4. The molecule has 3 rings (SSSR count). The molecule has 1 atom stereocenters. The van der Waals surface area contributed by atoms with Crippen molar-refractivity contribution in [3.05, 3.63) is 53.8 Å². The number of hydrogen-bond acceptors (Lipinski definition) is 6. The Hall–Kier alpha value is -3.24. The quantitative estimate of drug-likeness (QED) is 0.563. The van der Waals surface area contributed by atoms with Crippen LogP contribution in [-0.2, 0) is 17.4 Å². The summed E-state index contributed by atoms with van der Waals surface area (Å²) in [6, 6.07) is 5.57. The number of primary amides is 1. The maximum absolute atomic E-state index is 13.0. The lowest BCUT2D eigenvalue weighted by Crippen LogP contribution is -2.13. The van der Waals surface area contributed by atoms with Gasteiger partial charge in [-0.2, -0.15) is 18.2 Å². The molecule has 29 heavy (non-hydrogen) atoms. The minimum atomic E-state index is -4.75. The van der Waals surface area contributed by atoms with Crippen molar-refractivity contribution in [2.75, 3.05) is 0 Å². The van der Waals surface area contributed by atoms with Gasteiger partial charge in [0, 0.05) is 17.9 Å². The number of hydrogen-bond donors (Lipinski definition) is 1. The molecule has 11 heteroatoms. The molecular formula is C18H16F4N4O3. The zero-order chi connectivity index (χ0) is 21.0. The number of carbonyl (C=O) groups excluding carboxylic acids is 1. The van der Waals surface area contributed by atoms with E-state index in [0.29, 0.717) is 24.1 Å². The maximum atomic E-state index is 13.0. The van der Waals surface area contributed by atoms with Crippen LogP contribution in [-0.4, -0.2) is 21.0 Å². The topological polar surface area (TPSA) is 108 Å². The standard InChI is InChI=1S/C18H16F4N4O3/c19-12-5-1-11(2-6-12)16-24-13(9-28-16)7-3-10(4-8-14(23)27)15-25-17(29-26-15)18(20,21)22/h1-2,5-6,9-10H,3-4,7-8H2,(H2,23,27). The van der Waals surface area contributed by atoms with Crippen molar-refractivity contribution in [2.24, 2.45) is 5.73 Å². The Labute approximate surface area is 161 Å². The third-order valence-corrected chi connectivity index (χ3v) is 4.18. The summed E-state index contributed by atoms with van der Waals surface area (Å²) in [7, 11) is 0. The fraction of sp³-hybridized carbons (Fsp3) is 0.333. The zero-order valence-electron chi connectivity index (χ0n) is 14.9. The number of nitrogens with zero attached hydrogens (tertiary/aromatic N) is 3. The molecule has 0 aliphatic rings. The van der Waals surface area contributed by atoms with E-state index in [1.54, 1.807) is 0 Å². The second kappa shape index (κ2) is 8.41. The molecule has 1 unspecified atom stereocenters. The first kappa shape index (κ1) is 20.5. The molecule has 0 fully saturated rings. The molecule has 0 saturated heterocycles. The van der Waals surface area contributed by atoms with Crippen LogP contribution in [0.25, 0.3) is 11.5 Å². The molecule has 2 heterocycles. The van der Waals surface area contributed by atoms with Crippen LogP contribution in [0.1, 0.15) is 42.6 Å². The Bertz CT molecular complexity index is 966. The Balaban J connectivity index is 1.70. The first-order chi connectivity index (χ1) is 13.7. The van der Waals surface area contributed by atoms with Crippen molar-refractivity contribution < 1.29 is 31.3 Å². The number of carbonyl (C=O) groups is 1. The molecule has 2 N–H and O–H groups in total. The summed E-state index contributed by atoms with van der Waals surface area (Å²) in [5.74, 6) is -2.89. The molecule has 0 spiro atoms. The van der Waals surface area contributed by atoms with Crippen molar-refractivity contribution in [1.29, 1.82) is 0 Å². The van der Waals surface area contributed by atoms with Crippen LogP contribution in [0.15, 0.2) is 39.5 Å². The third-order valence-electron chi connectivity index (χ3n) is 4.18. The van der Waals surface area contributed by atoms with Gasteiger partial charge in [-0.15, -0.1) is 0 Å². The van der Waals surface area contributed by atoms with Crippen LogP contribution in [0.2, 0.25) is 0 Å². The summed E-state index contributed by atoms with van der Waals surface area (Å²) < 4.78 is 60.8. The summed E-state index contributed by atoms with van der Waals surface area (Å²) in [5.41, 5.74) is 6.26. The van der Waals surface area contributed by atoms with Gasteiger partial charge in [-0.25, -0.2) is 9.37 Å². The number of aromatic nitrogens is 3. The van der Waals surface area contributed by atoms with E-state index in [-0.39, 0.29) is 24.6 Å². The van der Waals surface area contributed by atoms with E-state index in [4.69, 9.17) is 10.2 Å². The second-order valence-corrected chi connectivity index (χ2v) is 6.35. The highest BCUT2D eigenvalue weighted by Crippen LogP contribution is 2.31. The van der Waals surface area contributed by atoms with Gasteiger partial charge < -0.3 is 14.7 Å². The first-order valence-electron chi connectivity index (χ1n) is 8.62. The number of amides is 1. The SMILES string of the molecule is NC(=O)CCC(CCc1coc(-c2ccc(F)cc2)n1)c1noc(C(F)(F)F)n1. The predicted octanol–water partition coefficient (Wildman–Crippen LogP) is 3.86. The van der Waals surface area contributed by atoms with Gasteiger partial charge in [-0.1, -0.05) is 5.16 Å². The van der Waals surface area contributed by atoms with Crippen molar-refractivity contribution in [1.82, 2.24) is 15.1 Å². The Kier molecular flexibility index (Phi) is 5.95. The van der Waals surface area contributed by atoms with Gasteiger partial charge in [0.05, 0.1) is 5.69 Å². The molecule has 154 valence electrons. The lowest BCUT2D eigenvalue weighted by atomic mass is 9.96. The highest BCUT2D eigenvalue weighted by molar-refractivity contribution is 5.73. The molecule has 0 bridgehead atoms. The molecule has 7 nitrogen and oxygen atoms in total. The fourth-order valence-corrected chi connectivity index (χ4v) is 2.70.